The van der Waals surface area contributed by atoms with Crippen LogP contribution in [0, 0.1) is 11.3 Å². The molecule has 4 heteroatoms. The van der Waals surface area contributed by atoms with Crippen molar-refractivity contribution in [1.29, 1.82) is 5.26 Å². The molecule has 1 aliphatic rings. The Morgan fingerprint density at radius 3 is 2.71 bits per heavy atom. The average Bonchev–Trinajstić information content (AvgIpc) is 2.53. The predicted octanol–water partition coefficient (Wildman–Crippen LogP) is 1.65. The third-order valence-electron chi connectivity index (χ3n) is 4.59. The first-order chi connectivity index (χ1) is 10.1. The van der Waals surface area contributed by atoms with Crippen molar-refractivity contribution >= 4 is 0 Å². The van der Waals surface area contributed by atoms with E-state index in [2.05, 4.69) is 35.3 Å². The molecule has 0 spiro atoms. The molecule has 1 saturated heterocycles. The molecule has 0 bridgehead atoms. The number of nitrogens with zero attached hydrogens (tertiary/aromatic N) is 3. The number of nitrogens with one attached hydrogen (secondary N) is 1. The lowest BCUT2D eigenvalue weighted by molar-refractivity contribution is 0.116. The zero-order valence-corrected chi connectivity index (χ0v) is 13.3. The van der Waals surface area contributed by atoms with E-state index < -0.39 is 5.54 Å². The summed E-state index contributed by atoms with van der Waals surface area (Å²) in [5.41, 5.74) is 0.387. The second kappa shape index (κ2) is 7.04. The molecule has 1 aromatic carbocycles. The number of benzene rings is 1. The van der Waals surface area contributed by atoms with Crippen LogP contribution in [-0.2, 0) is 5.54 Å². The van der Waals surface area contributed by atoms with E-state index in [1.807, 2.05) is 37.4 Å². The summed E-state index contributed by atoms with van der Waals surface area (Å²) in [6, 6.07) is 13.0. The number of likely N-dealkylation sites (N-methyl/N-ethyl adjacent to an activating group) is 3. The maximum absolute atomic E-state index is 9.78. The van der Waals surface area contributed by atoms with E-state index in [4.69, 9.17) is 0 Å². The van der Waals surface area contributed by atoms with Gasteiger partial charge in [-0.15, -0.1) is 0 Å². The summed E-state index contributed by atoms with van der Waals surface area (Å²) < 4.78 is 0. The van der Waals surface area contributed by atoms with Gasteiger partial charge < -0.3 is 4.90 Å². The van der Waals surface area contributed by atoms with Crippen molar-refractivity contribution in [2.45, 2.75) is 24.4 Å². The molecule has 0 amide bonds. The van der Waals surface area contributed by atoms with Crippen molar-refractivity contribution in [3.63, 3.8) is 0 Å². The quantitative estimate of drug-likeness (QED) is 0.894. The van der Waals surface area contributed by atoms with Crippen LogP contribution in [0.5, 0.6) is 0 Å². The summed E-state index contributed by atoms with van der Waals surface area (Å²) in [7, 11) is 6.18. The summed E-state index contributed by atoms with van der Waals surface area (Å²) in [5, 5.41) is 13.0. The molecular weight excluding hydrogens is 260 g/mol. The monoisotopic (exact) mass is 286 g/mol. The van der Waals surface area contributed by atoms with Crippen LogP contribution in [0.1, 0.15) is 18.4 Å². The van der Waals surface area contributed by atoms with Gasteiger partial charge >= 0.3 is 0 Å². The van der Waals surface area contributed by atoms with Crippen LogP contribution < -0.4 is 5.32 Å². The molecule has 0 radical (unpaired) electrons. The van der Waals surface area contributed by atoms with Crippen LogP contribution in [0.15, 0.2) is 30.3 Å². The minimum absolute atomic E-state index is 0.522. The third-order valence-corrected chi connectivity index (χ3v) is 4.59. The van der Waals surface area contributed by atoms with Gasteiger partial charge in [0.2, 0.25) is 0 Å². The van der Waals surface area contributed by atoms with Crippen LogP contribution in [0.4, 0.5) is 0 Å². The molecule has 0 saturated carbocycles. The van der Waals surface area contributed by atoms with Crippen molar-refractivity contribution in [2.75, 3.05) is 40.8 Å². The maximum atomic E-state index is 9.78. The molecule has 1 heterocycles. The zero-order valence-electron chi connectivity index (χ0n) is 13.3. The van der Waals surface area contributed by atoms with Gasteiger partial charge in [0.1, 0.15) is 5.54 Å². The van der Waals surface area contributed by atoms with E-state index in [0.29, 0.717) is 12.6 Å². The zero-order chi connectivity index (χ0) is 15.3. The highest BCUT2D eigenvalue weighted by molar-refractivity contribution is 5.32. The largest absolute Gasteiger partial charge is 0.305 e. The van der Waals surface area contributed by atoms with Gasteiger partial charge in [-0.3, -0.25) is 10.2 Å². The molecule has 114 valence electrons. The Bertz CT molecular complexity index is 481. The highest BCUT2D eigenvalue weighted by Crippen LogP contribution is 2.23. The van der Waals surface area contributed by atoms with Crippen molar-refractivity contribution < 1.29 is 0 Å². The van der Waals surface area contributed by atoms with E-state index in [-0.39, 0.29) is 0 Å². The lowest BCUT2D eigenvalue weighted by atomic mass is 9.90. The molecule has 1 N–H and O–H groups in total. The van der Waals surface area contributed by atoms with E-state index in [1.54, 1.807) is 0 Å². The van der Waals surface area contributed by atoms with Crippen molar-refractivity contribution in [2.24, 2.45) is 0 Å². The fraction of sp³-hybridized carbons (Fsp3) is 0.588. The second-order valence-corrected chi connectivity index (χ2v) is 6.11. The van der Waals surface area contributed by atoms with Crippen molar-refractivity contribution in [1.82, 2.24) is 15.1 Å². The van der Waals surface area contributed by atoms with Crippen molar-refractivity contribution in [3.05, 3.63) is 35.9 Å². The number of hydrogen-bond acceptors (Lipinski definition) is 4. The van der Waals surface area contributed by atoms with Gasteiger partial charge in [0.15, 0.2) is 0 Å². The Balaban J connectivity index is 2.15. The van der Waals surface area contributed by atoms with E-state index in [9.17, 15) is 5.26 Å². The summed E-state index contributed by atoms with van der Waals surface area (Å²) in [4.78, 5) is 4.71. The fourth-order valence-corrected chi connectivity index (χ4v) is 3.20. The van der Waals surface area contributed by atoms with Gasteiger partial charge in [0, 0.05) is 19.1 Å². The third kappa shape index (κ3) is 3.62. The summed E-state index contributed by atoms with van der Waals surface area (Å²) in [6.07, 6.45) is 2.44. The number of nitriles is 1. The molecule has 1 fully saturated rings. The normalized spacial score (nSPS) is 22.7. The van der Waals surface area contributed by atoms with Crippen LogP contribution in [0.25, 0.3) is 0 Å². The maximum Gasteiger partial charge on any atom is 0.144 e. The predicted molar refractivity (Wildman–Crippen MR) is 85.9 cm³/mol. The van der Waals surface area contributed by atoms with Gasteiger partial charge in [-0.1, -0.05) is 30.3 Å². The molecular formula is C17H26N4. The van der Waals surface area contributed by atoms with E-state index in [0.717, 1.165) is 12.1 Å². The Morgan fingerprint density at radius 2 is 2.14 bits per heavy atom. The van der Waals surface area contributed by atoms with Gasteiger partial charge in [-0.05, 0) is 46.1 Å². The Morgan fingerprint density at radius 1 is 1.43 bits per heavy atom. The molecule has 1 aliphatic heterocycles. The Kier molecular flexibility index (Phi) is 5.35. The first-order valence-corrected chi connectivity index (χ1v) is 7.66. The minimum atomic E-state index is -0.647. The van der Waals surface area contributed by atoms with Gasteiger partial charge in [-0.25, -0.2) is 0 Å². The van der Waals surface area contributed by atoms with Crippen LogP contribution in [-0.4, -0.2) is 56.6 Å². The lowest BCUT2D eigenvalue weighted by Crippen LogP contribution is -2.53. The Hall–Kier alpha value is -1.41. The number of hydrogen-bond donors (Lipinski definition) is 1. The van der Waals surface area contributed by atoms with E-state index >= 15 is 0 Å². The molecule has 0 aliphatic carbocycles. The number of piperidine rings is 1. The molecule has 1 aromatic rings. The van der Waals surface area contributed by atoms with Crippen LogP contribution in [0.2, 0.25) is 0 Å². The minimum Gasteiger partial charge on any atom is -0.305 e. The smallest absolute Gasteiger partial charge is 0.144 e. The molecule has 2 rings (SSSR count). The Labute approximate surface area is 128 Å². The molecule has 2 unspecified atom stereocenters. The van der Waals surface area contributed by atoms with E-state index in [1.165, 1.54) is 19.4 Å². The van der Waals surface area contributed by atoms with Crippen molar-refractivity contribution in [3.8, 4) is 6.07 Å². The summed E-state index contributed by atoms with van der Waals surface area (Å²) >= 11 is 0. The summed E-state index contributed by atoms with van der Waals surface area (Å²) in [5.74, 6) is 0. The van der Waals surface area contributed by atoms with Crippen LogP contribution >= 0.6 is 0 Å². The average molecular weight is 286 g/mol. The first-order valence-electron chi connectivity index (χ1n) is 7.66. The lowest BCUT2D eigenvalue weighted by Gasteiger charge is -2.39. The number of rotatable bonds is 5. The van der Waals surface area contributed by atoms with Crippen LogP contribution in [0.3, 0.4) is 0 Å². The first kappa shape index (κ1) is 16.0. The topological polar surface area (TPSA) is 42.3 Å². The summed E-state index contributed by atoms with van der Waals surface area (Å²) in [6.45, 7) is 2.96. The molecule has 2 atom stereocenters. The van der Waals surface area contributed by atoms with Gasteiger partial charge in [0.05, 0.1) is 6.07 Å². The molecule has 4 nitrogen and oxygen atoms in total. The second-order valence-electron chi connectivity index (χ2n) is 6.11. The molecule has 21 heavy (non-hydrogen) atoms. The highest BCUT2D eigenvalue weighted by atomic mass is 15.2. The fourth-order valence-electron chi connectivity index (χ4n) is 3.20. The standard InChI is InChI=1S/C17H26N4/c1-19-17(13-18,15-8-5-4-6-9-15)14-21(3)16-10-7-11-20(2)12-16/h4-6,8-9,16,19H,7,10-12,14H2,1-3H3. The van der Waals surface area contributed by atoms with Gasteiger partial charge in [-0.2, -0.15) is 5.26 Å². The SMILES string of the molecule is CNC(C#N)(CN(C)C1CCCN(C)C1)c1ccccc1. The highest BCUT2D eigenvalue weighted by Gasteiger charge is 2.34. The van der Waals surface area contributed by atoms with Gasteiger partial charge in [0.25, 0.3) is 0 Å². The number of likely N-dealkylation sites (tertiary alicyclic amines) is 1. The molecule has 0 aromatic heterocycles.